The quantitative estimate of drug-likeness (QED) is 0.514. The van der Waals surface area contributed by atoms with Crippen LogP contribution in [0.4, 0.5) is 0 Å². The molecule has 0 nitrogen and oxygen atoms in total. The monoisotopic (exact) mass is 190 g/mol. The van der Waals surface area contributed by atoms with Gasteiger partial charge in [-0.25, -0.2) is 0 Å². The first kappa shape index (κ1) is 6.24. The minimum absolute atomic E-state index is 1.07. The fraction of sp³-hybridized carbons (Fsp3) is 1.00. The zero-order valence-corrected chi connectivity index (χ0v) is 7.52. The Hall–Kier alpha value is 0.519. The van der Waals surface area contributed by atoms with Crippen LogP contribution in [-0.2, 0) is 0 Å². The zero-order chi connectivity index (χ0) is 6.10. The first-order chi connectivity index (χ1) is 4.45. The van der Waals surface area contributed by atoms with Crippen LogP contribution in [0.1, 0.15) is 38.5 Å². The molecule has 2 fully saturated rings. The molecule has 0 aromatic carbocycles. The summed E-state index contributed by atoms with van der Waals surface area (Å²) in [5, 5.41) is 0. The second-order valence-corrected chi connectivity index (χ2v) is 6.61. The van der Waals surface area contributed by atoms with E-state index in [4.69, 9.17) is 0 Å². The molecule has 0 spiro atoms. The summed E-state index contributed by atoms with van der Waals surface area (Å²) in [6.07, 6.45) is 9.42. The van der Waals surface area contributed by atoms with Gasteiger partial charge in [-0.05, 0) is 0 Å². The van der Waals surface area contributed by atoms with E-state index in [9.17, 15) is 0 Å². The summed E-state index contributed by atoms with van der Waals surface area (Å²) in [5.74, 6) is 0. The second-order valence-electron chi connectivity index (χ2n) is 3.24. The van der Waals surface area contributed by atoms with Crippen LogP contribution in [0.15, 0.2) is 0 Å². The fourth-order valence-corrected chi connectivity index (χ4v) is 5.66. The first-order valence-corrected chi connectivity index (χ1v) is 6.08. The number of rotatable bonds is 0. The Kier molecular flexibility index (Phi) is 1.83. The van der Waals surface area contributed by atoms with Crippen molar-refractivity contribution in [3.8, 4) is 0 Å². The molecule has 0 N–H and O–H groups in total. The molecule has 0 radical (unpaired) electrons. The second kappa shape index (κ2) is 2.64. The molecule has 0 aromatic heterocycles. The van der Waals surface area contributed by atoms with E-state index < -0.39 is 0 Å². The van der Waals surface area contributed by atoms with Gasteiger partial charge in [-0.15, -0.1) is 0 Å². The molecule has 0 saturated carbocycles. The third-order valence-electron chi connectivity index (χ3n) is 2.49. The van der Waals surface area contributed by atoms with E-state index in [1.54, 1.807) is 38.5 Å². The van der Waals surface area contributed by atoms with Crippen molar-refractivity contribution >= 4 is 15.0 Å². The molecule has 2 bridgehead atoms. The summed E-state index contributed by atoms with van der Waals surface area (Å²) in [6.45, 7) is 0. The van der Waals surface area contributed by atoms with E-state index in [1.807, 2.05) is 0 Å². The molecule has 0 aromatic rings. The van der Waals surface area contributed by atoms with Crippen LogP contribution in [0.2, 0.25) is 9.63 Å². The Balaban J connectivity index is 1.96. The van der Waals surface area contributed by atoms with Gasteiger partial charge in [-0.2, -0.15) is 0 Å². The maximum atomic E-state index is 1.58. The average Bonchev–Trinajstić information content (AvgIpc) is 1.88. The van der Waals surface area contributed by atoms with E-state index in [0.717, 1.165) is 15.0 Å². The van der Waals surface area contributed by atoms with Gasteiger partial charge < -0.3 is 0 Å². The van der Waals surface area contributed by atoms with Crippen molar-refractivity contribution in [2.75, 3.05) is 0 Å². The molecule has 2 rings (SSSR count). The van der Waals surface area contributed by atoms with Crippen LogP contribution in [-0.4, -0.2) is 15.0 Å². The molecule has 2 aliphatic heterocycles. The van der Waals surface area contributed by atoms with E-state index in [0.29, 0.717) is 0 Å². The van der Waals surface area contributed by atoms with Crippen molar-refractivity contribution in [3.63, 3.8) is 0 Å². The van der Waals surface area contributed by atoms with Crippen molar-refractivity contribution in [2.45, 2.75) is 48.2 Å². The molecule has 2 aliphatic rings. The van der Waals surface area contributed by atoms with Crippen molar-refractivity contribution in [1.29, 1.82) is 0 Å². The molecule has 2 saturated heterocycles. The Morgan fingerprint density at radius 2 is 1.22 bits per heavy atom. The van der Waals surface area contributed by atoms with E-state index in [2.05, 4.69) is 0 Å². The molecule has 1 heteroatoms. The van der Waals surface area contributed by atoms with Crippen molar-refractivity contribution in [1.82, 2.24) is 0 Å². The molecule has 0 amide bonds. The molecule has 0 unspecified atom stereocenters. The molecule has 0 atom stereocenters. The Bertz CT molecular complexity index is 80.7. The van der Waals surface area contributed by atoms with Crippen LogP contribution in [0.3, 0.4) is 0 Å². The van der Waals surface area contributed by atoms with Crippen molar-refractivity contribution < 1.29 is 0 Å². The third kappa shape index (κ3) is 1.33. The van der Waals surface area contributed by atoms with Gasteiger partial charge in [0.15, 0.2) is 0 Å². The maximum absolute atomic E-state index is 1.58. The van der Waals surface area contributed by atoms with Crippen molar-refractivity contribution in [3.05, 3.63) is 0 Å². The normalized spacial score (nSPS) is 42.7. The summed E-state index contributed by atoms with van der Waals surface area (Å²) in [7, 11) is 0. The topological polar surface area (TPSA) is 0 Å². The summed E-state index contributed by atoms with van der Waals surface area (Å²) >= 11 is 1.07. The number of fused-ring (bicyclic) bond motifs is 2. The Morgan fingerprint density at radius 3 is 1.56 bits per heavy atom. The predicted octanol–water partition coefficient (Wildman–Crippen LogP) is 2.64. The molecule has 9 heavy (non-hydrogen) atoms. The van der Waals surface area contributed by atoms with Gasteiger partial charge in [0.1, 0.15) is 0 Å². The molecule has 0 aliphatic carbocycles. The van der Waals surface area contributed by atoms with Gasteiger partial charge in [0.2, 0.25) is 0 Å². The van der Waals surface area contributed by atoms with Crippen LogP contribution >= 0.6 is 0 Å². The molecule has 52 valence electrons. The first-order valence-electron chi connectivity index (χ1n) is 4.10. The van der Waals surface area contributed by atoms with E-state index in [1.165, 1.54) is 9.63 Å². The average molecular weight is 189 g/mol. The third-order valence-corrected chi connectivity index (χ3v) is 6.08. The van der Waals surface area contributed by atoms with Gasteiger partial charge in [0.05, 0.1) is 0 Å². The summed E-state index contributed by atoms with van der Waals surface area (Å²) in [4.78, 5) is 2.43. The number of hydrogen-bond acceptors (Lipinski definition) is 0. The zero-order valence-electron chi connectivity index (χ0n) is 5.81. The van der Waals surface area contributed by atoms with Gasteiger partial charge in [-0.3, -0.25) is 0 Å². The van der Waals surface area contributed by atoms with Gasteiger partial charge in [0, 0.05) is 0 Å². The summed E-state index contributed by atoms with van der Waals surface area (Å²) < 4.78 is 0. The van der Waals surface area contributed by atoms with Crippen LogP contribution in [0.5, 0.6) is 0 Å². The standard InChI is InChI=1S/C8H14Se/c1-3-7-5-2-6-8(4-1)9-7/h7-8H,1-6H2. The summed E-state index contributed by atoms with van der Waals surface area (Å²) in [6, 6.07) is 0. The van der Waals surface area contributed by atoms with Crippen molar-refractivity contribution in [2.24, 2.45) is 0 Å². The predicted molar refractivity (Wildman–Crippen MR) is 41.0 cm³/mol. The Morgan fingerprint density at radius 1 is 0.778 bits per heavy atom. The Labute approximate surface area is 63.6 Å². The van der Waals surface area contributed by atoms with Gasteiger partial charge in [-0.1, -0.05) is 0 Å². The van der Waals surface area contributed by atoms with E-state index in [-0.39, 0.29) is 0 Å². The molecule has 2 heterocycles. The number of hydrogen-bond donors (Lipinski definition) is 0. The minimum atomic E-state index is 1.07. The summed E-state index contributed by atoms with van der Waals surface area (Å²) in [5.41, 5.74) is 0. The van der Waals surface area contributed by atoms with E-state index >= 15 is 0 Å². The SMILES string of the molecule is C1CC2CCCC(C1)[Se]2. The van der Waals surface area contributed by atoms with Gasteiger partial charge in [0.25, 0.3) is 0 Å². The molecular weight excluding hydrogens is 175 g/mol. The van der Waals surface area contributed by atoms with Crippen LogP contribution in [0, 0.1) is 0 Å². The van der Waals surface area contributed by atoms with Crippen LogP contribution in [0.25, 0.3) is 0 Å². The van der Waals surface area contributed by atoms with Gasteiger partial charge >= 0.3 is 63.1 Å². The fourth-order valence-electron chi connectivity index (χ4n) is 1.98. The molecular formula is C8H14Se. The van der Waals surface area contributed by atoms with Crippen LogP contribution < -0.4 is 0 Å².